The molecule has 2 fully saturated rings. The molecule has 1 aliphatic heterocycles. The quantitative estimate of drug-likeness (QED) is 0.742. The minimum Gasteiger partial charge on any atom is -0.444 e. The maximum Gasteiger partial charge on any atom is 0.408 e. The van der Waals surface area contributed by atoms with Crippen molar-refractivity contribution in [1.29, 1.82) is 0 Å². The normalized spacial score (nSPS) is 26.3. The van der Waals surface area contributed by atoms with Crippen LogP contribution in [0.2, 0.25) is 0 Å². The summed E-state index contributed by atoms with van der Waals surface area (Å²) in [6.07, 6.45) is 2.63. The Morgan fingerprint density at radius 2 is 2.18 bits per heavy atom. The molecule has 0 aromatic rings. The van der Waals surface area contributed by atoms with Gasteiger partial charge < -0.3 is 15.4 Å². The molecule has 0 radical (unpaired) electrons. The van der Waals surface area contributed by atoms with E-state index < -0.39 is 5.60 Å². The van der Waals surface area contributed by atoms with Gasteiger partial charge in [0.25, 0.3) is 0 Å². The lowest BCUT2D eigenvalue weighted by Gasteiger charge is -2.26. The number of thiocarbonyl (C=S) groups is 1. The third kappa shape index (κ3) is 3.09. The highest BCUT2D eigenvalue weighted by Crippen LogP contribution is 2.45. The molecule has 5 heteroatoms. The van der Waals surface area contributed by atoms with E-state index in [0.29, 0.717) is 5.92 Å². The van der Waals surface area contributed by atoms with Gasteiger partial charge in [0, 0.05) is 24.4 Å². The number of hydrogen-bond donors (Lipinski definition) is 2. The molecule has 0 spiro atoms. The van der Waals surface area contributed by atoms with Gasteiger partial charge in [0.15, 0.2) is 0 Å². The lowest BCUT2D eigenvalue weighted by molar-refractivity contribution is 0.0478. The molecule has 0 aromatic heterocycles. The zero-order chi connectivity index (χ0) is 12.7. The Hall–Kier alpha value is -0.840. The summed E-state index contributed by atoms with van der Waals surface area (Å²) in [5.74, 6) is 0.419. The maximum atomic E-state index is 11.8. The third-order valence-electron chi connectivity index (χ3n) is 3.30. The molecule has 1 saturated carbocycles. The Kier molecular flexibility index (Phi) is 3.06. The van der Waals surface area contributed by atoms with Crippen molar-refractivity contribution in [1.82, 2.24) is 10.6 Å². The smallest absolute Gasteiger partial charge is 0.408 e. The van der Waals surface area contributed by atoms with Crippen molar-refractivity contribution in [2.75, 3.05) is 6.54 Å². The van der Waals surface area contributed by atoms with Crippen LogP contribution in [0.25, 0.3) is 0 Å². The number of nitrogens with one attached hydrogen (secondary N) is 2. The lowest BCUT2D eigenvalue weighted by atomic mass is 9.96. The van der Waals surface area contributed by atoms with Gasteiger partial charge in [-0.05, 0) is 33.6 Å². The molecule has 96 valence electrons. The Morgan fingerprint density at radius 1 is 1.53 bits per heavy atom. The highest BCUT2D eigenvalue weighted by Gasteiger charge is 2.52. The van der Waals surface area contributed by atoms with E-state index in [0.717, 1.165) is 30.8 Å². The van der Waals surface area contributed by atoms with Crippen LogP contribution >= 0.6 is 12.2 Å². The highest BCUT2D eigenvalue weighted by molar-refractivity contribution is 7.80. The maximum absolute atomic E-state index is 11.8. The van der Waals surface area contributed by atoms with Gasteiger partial charge >= 0.3 is 6.09 Å². The Bertz CT molecular complexity index is 345. The summed E-state index contributed by atoms with van der Waals surface area (Å²) in [5, 5.41) is 6.20. The number of ether oxygens (including phenoxy) is 1. The average molecular weight is 256 g/mol. The van der Waals surface area contributed by atoms with Crippen molar-refractivity contribution in [3.63, 3.8) is 0 Å². The largest absolute Gasteiger partial charge is 0.444 e. The minimum absolute atomic E-state index is 0.0735. The summed E-state index contributed by atoms with van der Waals surface area (Å²) in [5.41, 5.74) is -0.515. The van der Waals surface area contributed by atoms with Crippen molar-refractivity contribution >= 4 is 23.3 Å². The Balaban J connectivity index is 1.90. The standard InChI is InChI=1S/C12H20N2O2S/c1-11(2,3)16-10(15)14-12(4-5-12)8-6-9(17)13-7-8/h8H,4-7H2,1-3H3,(H,13,17)(H,14,15)/t8-/m0/s1. The summed E-state index contributed by atoms with van der Waals surface area (Å²) >= 11 is 5.14. The van der Waals surface area contributed by atoms with E-state index in [1.807, 2.05) is 20.8 Å². The second-order valence-electron chi connectivity index (χ2n) is 5.99. The van der Waals surface area contributed by atoms with Crippen molar-refractivity contribution in [3.8, 4) is 0 Å². The molecule has 1 atom stereocenters. The monoisotopic (exact) mass is 256 g/mol. The first-order chi connectivity index (χ1) is 7.81. The number of amides is 1. The molecule has 0 aromatic carbocycles. The third-order valence-corrected chi connectivity index (χ3v) is 3.61. The molecule has 1 saturated heterocycles. The molecule has 1 heterocycles. The predicted octanol–water partition coefficient (Wildman–Crippen LogP) is 1.98. The summed E-state index contributed by atoms with van der Waals surface area (Å²) in [6, 6.07) is 0. The van der Waals surface area contributed by atoms with Crippen molar-refractivity contribution in [3.05, 3.63) is 0 Å². The van der Waals surface area contributed by atoms with Gasteiger partial charge in [0.05, 0.1) is 4.99 Å². The van der Waals surface area contributed by atoms with E-state index in [2.05, 4.69) is 10.6 Å². The zero-order valence-electron chi connectivity index (χ0n) is 10.6. The zero-order valence-corrected chi connectivity index (χ0v) is 11.4. The van der Waals surface area contributed by atoms with Gasteiger partial charge in [-0.3, -0.25) is 0 Å². The van der Waals surface area contributed by atoms with Gasteiger partial charge in [-0.2, -0.15) is 0 Å². The predicted molar refractivity (Wildman–Crippen MR) is 70.0 cm³/mol. The van der Waals surface area contributed by atoms with Gasteiger partial charge in [-0.1, -0.05) is 12.2 Å². The van der Waals surface area contributed by atoms with Crippen LogP contribution in [0, 0.1) is 5.92 Å². The molecule has 1 amide bonds. The van der Waals surface area contributed by atoms with Crippen molar-refractivity contribution in [2.24, 2.45) is 5.92 Å². The van der Waals surface area contributed by atoms with Crippen molar-refractivity contribution in [2.45, 2.75) is 51.2 Å². The second kappa shape index (κ2) is 4.12. The molecule has 2 rings (SSSR count). The molecule has 2 aliphatic rings. The van der Waals surface area contributed by atoms with E-state index in [-0.39, 0.29) is 11.6 Å². The van der Waals surface area contributed by atoms with Crippen LogP contribution in [-0.4, -0.2) is 28.8 Å². The summed E-state index contributed by atoms with van der Waals surface area (Å²) in [7, 11) is 0. The van der Waals surface area contributed by atoms with E-state index in [9.17, 15) is 4.79 Å². The van der Waals surface area contributed by atoms with Gasteiger partial charge in [-0.15, -0.1) is 0 Å². The van der Waals surface area contributed by atoms with E-state index >= 15 is 0 Å². The fourth-order valence-electron chi connectivity index (χ4n) is 2.27. The number of hydrogen-bond acceptors (Lipinski definition) is 3. The van der Waals surface area contributed by atoms with Crippen LogP contribution in [0.4, 0.5) is 4.79 Å². The van der Waals surface area contributed by atoms with Crippen molar-refractivity contribution < 1.29 is 9.53 Å². The molecule has 0 bridgehead atoms. The Labute approximate surface area is 107 Å². The van der Waals surface area contributed by atoms with E-state index in [1.54, 1.807) is 0 Å². The van der Waals surface area contributed by atoms with Gasteiger partial charge in [-0.25, -0.2) is 4.79 Å². The fourth-order valence-corrected chi connectivity index (χ4v) is 2.56. The molecule has 0 unspecified atom stereocenters. The summed E-state index contributed by atoms with van der Waals surface area (Å²) < 4.78 is 5.30. The van der Waals surface area contributed by atoms with Gasteiger partial charge in [0.1, 0.15) is 5.60 Å². The van der Waals surface area contributed by atoms with Crippen LogP contribution < -0.4 is 10.6 Å². The highest BCUT2D eigenvalue weighted by atomic mass is 32.1. The van der Waals surface area contributed by atoms with Gasteiger partial charge in [0.2, 0.25) is 0 Å². The first-order valence-corrected chi connectivity index (χ1v) is 6.49. The molecule has 1 aliphatic carbocycles. The SMILES string of the molecule is CC(C)(C)OC(=O)NC1([C@@H]2CNC(=S)C2)CC1. The molecule has 4 nitrogen and oxygen atoms in total. The lowest BCUT2D eigenvalue weighted by Crippen LogP contribution is -2.45. The van der Waals surface area contributed by atoms with Crippen LogP contribution in [-0.2, 0) is 4.74 Å². The number of alkyl carbamates (subject to hydrolysis) is 1. The molecule has 2 N–H and O–H groups in total. The number of carbonyl (C=O) groups excluding carboxylic acids is 1. The van der Waals surface area contributed by atoms with Crippen LogP contribution in [0.5, 0.6) is 0 Å². The second-order valence-corrected chi connectivity index (χ2v) is 6.48. The molecule has 17 heavy (non-hydrogen) atoms. The minimum atomic E-state index is -0.441. The first-order valence-electron chi connectivity index (χ1n) is 6.09. The Morgan fingerprint density at radius 3 is 2.59 bits per heavy atom. The van der Waals surface area contributed by atoms with Crippen LogP contribution in [0.1, 0.15) is 40.0 Å². The first kappa shape index (κ1) is 12.6. The van der Waals surface area contributed by atoms with E-state index in [1.165, 1.54) is 0 Å². The number of rotatable bonds is 2. The van der Waals surface area contributed by atoms with Crippen LogP contribution in [0.15, 0.2) is 0 Å². The summed E-state index contributed by atoms with van der Waals surface area (Å²) in [6.45, 7) is 6.49. The average Bonchev–Trinajstić information content (AvgIpc) is 2.77. The van der Waals surface area contributed by atoms with E-state index in [4.69, 9.17) is 17.0 Å². The number of carbonyl (C=O) groups is 1. The molecular formula is C12H20N2O2S. The summed E-state index contributed by atoms with van der Waals surface area (Å²) in [4.78, 5) is 12.7. The molecular weight excluding hydrogens is 236 g/mol. The fraction of sp³-hybridized carbons (Fsp3) is 0.833. The van der Waals surface area contributed by atoms with Crippen LogP contribution in [0.3, 0.4) is 0 Å². The topological polar surface area (TPSA) is 50.4 Å².